The summed E-state index contributed by atoms with van der Waals surface area (Å²) in [5.41, 5.74) is 0.447. The molecule has 0 bridgehead atoms. The number of rotatable bonds is 4. The molecular formula is C16H24N2O3. The third-order valence-electron chi connectivity index (χ3n) is 4.54. The number of carbonyl (C=O) groups is 2. The van der Waals surface area contributed by atoms with Gasteiger partial charge < -0.3 is 14.6 Å². The highest BCUT2D eigenvalue weighted by atomic mass is 16.5. The minimum atomic E-state index is -0.470. The lowest BCUT2D eigenvalue weighted by Gasteiger charge is -2.34. The highest BCUT2D eigenvalue weighted by Gasteiger charge is 2.28. The van der Waals surface area contributed by atoms with E-state index in [1.54, 1.807) is 29.9 Å². The van der Waals surface area contributed by atoms with Gasteiger partial charge >= 0.3 is 5.97 Å². The summed E-state index contributed by atoms with van der Waals surface area (Å²) in [6.45, 7) is 4.17. The van der Waals surface area contributed by atoms with Crippen molar-refractivity contribution in [3.63, 3.8) is 0 Å². The molecule has 1 aliphatic rings. The van der Waals surface area contributed by atoms with Gasteiger partial charge in [-0.1, -0.05) is 26.7 Å². The van der Waals surface area contributed by atoms with Crippen LogP contribution in [0.25, 0.3) is 0 Å². The first-order valence-electron chi connectivity index (χ1n) is 7.57. The van der Waals surface area contributed by atoms with Crippen LogP contribution in [0.1, 0.15) is 43.6 Å². The molecule has 2 rings (SSSR count). The average molecular weight is 292 g/mol. The predicted molar refractivity (Wildman–Crippen MR) is 79.8 cm³/mol. The standard InChI is InChI=1S/C16H24N2O3/c1-11-6-4-7-13(12(11)2)17-15(19)10-21-16(20)14-8-5-9-18(14)3/h5,8-9,11-13H,4,6-7,10H2,1-3H3,(H,17,19)/t11-,12+,13-/m1/s1. The van der Waals surface area contributed by atoms with Gasteiger partial charge in [0.25, 0.3) is 5.91 Å². The van der Waals surface area contributed by atoms with E-state index < -0.39 is 5.97 Å². The number of nitrogens with one attached hydrogen (secondary N) is 1. The van der Waals surface area contributed by atoms with Gasteiger partial charge in [0.2, 0.25) is 0 Å². The first-order chi connectivity index (χ1) is 9.99. The van der Waals surface area contributed by atoms with Gasteiger partial charge in [-0.3, -0.25) is 4.79 Å². The maximum atomic E-state index is 11.9. The van der Waals surface area contributed by atoms with Crippen molar-refractivity contribution >= 4 is 11.9 Å². The molecule has 3 atom stereocenters. The number of hydrogen-bond acceptors (Lipinski definition) is 3. The number of esters is 1. The maximum Gasteiger partial charge on any atom is 0.355 e. The molecular weight excluding hydrogens is 268 g/mol. The van der Waals surface area contributed by atoms with E-state index in [-0.39, 0.29) is 18.6 Å². The van der Waals surface area contributed by atoms with Crippen molar-refractivity contribution in [3.05, 3.63) is 24.0 Å². The van der Waals surface area contributed by atoms with E-state index in [1.807, 2.05) is 0 Å². The minimum absolute atomic E-state index is 0.190. The third-order valence-corrected chi connectivity index (χ3v) is 4.54. The lowest BCUT2D eigenvalue weighted by molar-refractivity contribution is -0.125. The van der Waals surface area contributed by atoms with Gasteiger partial charge in [-0.15, -0.1) is 0 Å². The Hall–Kier alpha value is -1.78. The Morgan fingerprint density at radius 1 is 1.38 bits per heavy atom. The zero-order valence-corrected chi connectivity index (χ0v) is 13.0. The van der Waals surface area contributed by atoms with Crippen LogP contribution in [0.3, 0.4) is 0 Å². The number of aryl methyl sites for hydroxylation is 1. The molecule has 1 N–H and O–H groups in total. The highest BCUT2D eigenvalue weighted by molar-refractivity contribution is 5.89. The van der Waals surface area contributed by atoms with Gasteiger partial charge in [0.05, 0.1) is 0 Å². The molecule has 0 saturated heterocycles. The SMILES string of the molecule is C[C@H]1[C@H](C)CCC[C@H]1NC(=O)COC(=O)c1cccn1C. The topological polar surface area (TPSA) is 60.3 Å². The fourth-order valence-corrected chi connectivity index (χ4v) is 2.91. The van der Waals surface area contributed by atoms with E-state index in [0.29, 0.717) is 17.5 Å². The lowest BCUT2D eigenvalue weighted by atomic mass is 9.78. The van der Waals surface area contributed by atoms with E-state index in [9.17, 15) is 9.59 Å². The third kappa shape index (κ3) is 3.86. The predicted octanol–water partition coefficient (Wildman–Crippen LogP) is 2.12. The van der Waals surface area contributed by atoms with Crippen LogP contribution in [0.2, 0.25) is 0 Å². The fourth-order valence-electron chi connectivity index (χ4n) is 2.91. The van der Waals surface area contributed by atoms with Crippen LogP contribution in [0.5, 0.6) is 0 Å². The second-order valence-electron chi connectivity index (χ2n) is 6.02. The van der Waals surface area contributed by atoms with E-state index in [0.717, 1.165) is 12.8 Å². The van der Waals surface area contributed by atoms with Crippen LogP contribution in [0, 0.1) is 11.8 Å². The zero-order chi connectivity index (χ0) is 15.4. The van der Waals surface area contributed by atoms with Crippen LogP contribution in [-0.4, -0.2) is 29.1 Å². The van der Waals surface area contributed by atoms with Crippen LogP contribution in [0.4, 0.5) is 0 Å². The Morgan fingerprint density at radius 3 is 2.81 bits per heavy atom. The lowest BCUT2D eigenvalue weighted by Crippen LogP contribution is -2.45. The Balaban J connectivity index is 1.80. The maximum absolute atomic E-state index is 11.9. The molecule has 1 saturated carbocycles. The molecule has 1 heterocycles. The van der Waals surface area contributed by atoms with Gasteiger partial charge in [0.1, 0.15) is 5.69 Å². The van der Waals surface area contributed by atoms with Crippen molar-refractivity contribution < 1.29 is 14.3 Å². The number of aromatic nitrogens is 1. The Bertz CT molecular complexity index is 509. The molecule has 0 radical (unpaired) electrons. The number of carbonyl (C=O) groups excluding carboxylic acids is 2. The summed E-state index contributed by atoms with van der Waals surface area (Å²) in [7, 11) is 1.77. The number of amides is 1. The largest absolute Gasteiger partial charge is 0.451 e. The van der Waals surface area contributed by atoms with Crippen LogP contribution < -0.4 is 5.32 Å². The van der Waals surface area contributed by atoms with Gasteiger partial charge in [0, 0.05) is 19.3 Å². The van der Waals surface area contributed by atoms with Crippen molar-refractivity contribution in [1.82, 2.24) is 9.88 Å². The molecule has 0 aliphatic heterocycles. The Morgan fingerprint density at radius 2 is 2.14 bits per heavy atom. The van der Waals surface area contributed by atoms with Crippen molar-refractivity contribution in [2.24, 2.45) is 18.9 Å². The van der Waals surface area contributed by atoms with E-state index in [2.05, 4.69) is 19.2 Å². The van der Waals surface area contributed by atoms with Gasteiger partial charge in [-0.05, 0) is 30.4 Å². The smallest absolute Gasteiger partial charge is 0.355 e. The summed E-state index contributed by atoms with van der Waals surface area (Å²) >= 11 is 0. The molecule has 1 aromatic rings. The highest BCUT2D eigenvalue weighted by Crippen LogP contribution is 2.29. The minimum Gasteiger partial charge on any atom is -0.451 e. The molecule has 116 valence electrons. The molecule has 5 heteroatoms. The monoisotopic (exact) mass is 292 g/mol. The van der Waals surface area contributed by atoms with Gasteiger partial charge in [-0.2, -0.15) is 0 Å². The van der Waals surface area contributed by atoms with E-state index in [1.165, 1.54) is 6.42 Å². The van der Waals surface area contributed by atoms with Crippen molar-refractivity contribution in [2.75, 3.05) is 6.61 Å². The summed E-state index contributed by atoms with van der Waals surface area (Å²) in [5.74, 6) is 0.396. The van der Waals surface area contributed by atoms with Gasteiger partial charge in [-0.25, -0.2) is 4.79 Å². The quantitative estimate of drug-likeness (QED) is 0.865. The summed E-state index contributed by atoms with van der Waals surface area (Å²) in [4.78, 5) is 23.7. The van der Waals surface area contributed by atoms with Crippen molar-refractivity contribution in [2.45, 2.75) is 39.2 Å². The number of ether oxygens (including phenoxy) is 1. The van der Waals surface area contributed by atoms with Crippen molar-refractivity contribution in [1.29, 1.82) is 0 Å². The second-order valence-corrected chi connectivity index (χ2v) is 6.02. The number of hydrogen-bond donors (Lipinski definition) is 1. The molecule has 0 aromatic carbocycles. The molecule has 1 amide bonds. The zero-order valence-electron chi connectivity index (χ0n) is 13.0. The Kier molecular flexibility index (Phi) is 5.04. The average Bonchev–Trinajstić information content (AvgIpc) is 2.87. The second kappa shape index (κ2) is 6.78. The normalized spacial score (nSPS) is 25.4. The first-order valence-corrected chi connectivity index (χ1v) is 7.57. The molecule has 21 heavy (non-hydrogen) atoms. The van der Waals surface area contributed by atoms with Crippen molar-refractivity contribution in [3.8, 4) is 0 Å². The van der Waals surface area contributed by atoms with Crippen LogP contribution in [0.15, 0.2) is 18.3 Å². The van der Waals surface area contributed by atoms with E-state index >= 15 is 0 Å². The molecule has 1 aliphatic carbocycles. The summed E-state index contributed by atoms with van der Waals surface area (Å²) in [6, 6.07) is 3.63. The summed E-state index contributed by atoms with van der Waals surface area (Å²) in [6.07, 6.45) is 5.13. The van der Waals surface area contributed by atoms with Crippen LogP contribution >= 0.6 is 0 Å². The Labute approximate surface area is 125 Å². The fraction of sp³-hybridized carbons (Fsp3) is 0.625. The van der Waals surface area contributed by atoms with Gasteiger partial charge in [0.15, 0.2) is 6.61 Å². The van der Waals surface area contributed by atoms with E-state index in [4.69, 9.17) is 4.74 Å². The summed E-state index contributed by atoms with van der Waals surface area (Å²) < 4.78 is 6.73. The molecule has 5 nitrogen and oxygen atoms in total. The number of nitrogens with zero attached hydrogens (tertiary/aromatic N) is 1. The van der Waals surface area contributed by atoms with Crippen LogP contribution in [-0.2, 0) is 16.6 Å². The summed E-state index contributed by atoms with van der Waals surface area (Å²) in [5, 5.41) is 2.99. The molecule has 1 aromatic heterocycles. The molecule has 0 unspecified atom stereocenters. The molecule has 0 spiro atoms. The first kappa shape index (κ1) is 15.6. The molecule has 1 fully saturated rings.